The number of benzene rings is 4. The quantitative estimate of drug-likeness (QED) is 0.0850. The Bertz CT molecular complexity index is 2010. The Morgan fingerprint density at radius 2 is 1.42 bits per heavy atom. The first-order chi connectivity index (χ1) is 20.0. The average Bonchev–Trinajstić information content (AvgIpc) is 3.29. The van der Waals surface area contributed by atoms with Gasteiger partial charge in [0, 0.05) is 43.6 Å². The number of pyridine rings is 1. The molecule has 4 aromatic carbocycles. The van der Waals surface area contributed by atoms with Crippen LogP contribution in [0.2, 0.25) is 0 Å². The van der Waals surface area contributed by atoms with Gasteiger partial charge in [0.2, 0.25) is 0 Å². The molecule has 0 aliphatic rings. The Morgan fingerprint density at radius 3 is 1.95 bits per heavy atom. The van der Waals surface area contributed by atoms with Crippen LogP contribution in [0.25, 0.3) is 49.6 Å². The second kappa shape index (κ2) is 12.7. The van der Waals surface area contributed by atoms with Gasteiger partial charge in [-0.1, -0.05) is 58.8 Å². The third-order valence-electron chi connectivity index (χ3n) is 7.79. The first kappa shape index (κ1) is 31.9. The van der Waals surface area contributed by atoms with Crippen LogP contribution in [0, 0.1) is 47.6 Å². The number of aliphatic hydroxyl groups is 1. The van der Waals surface area contributed by atoms with Crippen molar-refractivity contribution in [1.29, 1.82) is 0 Å². The molecule has 0 saturated carbocycles. The molecule has 0 aliphatic heterocycles. The van der Waals surface area contributed by atoms with Crippen molar-refractivity contribution in [2.75, 3.05) is 0 Å². The second-order valence-corrected chi connectivity index (χ2v) is 11.3. The molecular formula is C38H37IrN2O2-. The number of allylic oxidation sites excluding steroid dienone is 2. The van der Waals surface area contributed by atoms with Crippen LogP contribution in [0.3, 0.4) is 0 Å². The van der Waals surface area contributed by atoms with Gasteiger partial charge in [-0.2, -0.15) is 0 Å². The van der Waals surface area contributed by atoms with E-state index in [0.717, 1.165) is 16.7 Å². The van der Waals surface area contributed by atoms with Gasteiger partial charge in [-0.25, -0.2) is 0 Å². The van der Waals surface area contributed by atoms with Crippen molar-refractivity contribution in [3.05, 3.63) is 118 Å². The molecule has 2 aromatic heterocycles. The first-order valence-corrected chi connectivity index (χ1v) is 14.2. The summed E-state index contributed by atoms with van der Waals surface area (Å²) >= 11 is 0. The van der Waals surface area contributed by atoms with Gasteiger partial charge in [-0.05, 0) is 111 Å². The van der Waals surface area contributed by atoms with Crippen molar-refractivity contribution in [3.8, 4) is 22.3 Å². The largest absolute Gasteiger partial charge is 0.512 e. The number of hydrogen-bond acceptors (Lipinski definition) is 3. The van der Waals surface area contributed by atoms with Gasteiger partial charge in [0.25, 0.3) is 0 Å². The zero-order chi connectivity index (χ0) is 30.3. The van der Waals surface area contributed by atoms with Crippen LogP contribution in [0.15, 0.2) is 78.7 Å². The van der Waals surface area contributed by atoms with E-state index < -0.39 is 0 Å². The molecule has 0 aliphatic carbocycles. The van der Waals surface area contributed by atoms with Crippen molar-refractivity contribution < 1.29 is 30.0 Å². The van der Waals surface area contributed by atoms with Gasteiger partial charge < -0.3 is 9.51 Å². The SMILES string of the molecule is CC(=O)/C=C(/C)O.Cc1cn2c(n1)c1[c-]ccc(-c3c(C)cccc3C)c1c1cc(-c3c(C)cccc3C)cc(C)c12.[Ir]. The first-order valence-electron chi connectivity index (χ1n) is 14.2. The van der Waals surface area contributed by atoms with Crippen LogP contribution in [0.1, 0.15) is 47.4 Å². The van der Waals surface area contributed by atoms with E-state index in [-0.39, 0.29) is 31.6 Å². The van der Waals surface area contributed by atoms with Gasteiger partial charge in [-0.3, -0.25) is 9.78 Å². The van der Waals surface area contributed by atoms with E-state index in [2.05, 4.69) is 119 Å². The van der Waals surface area contributed by atoms with Crippen LogP contribution in [0.5, 0.6) is 0 Å². The minimum absolute atomic E-state index is 0. The molecule has 2 heterocycles. The standard InChI is InChI=1S/C33H29N2.C5H8O2.Ir/c1-19-10-7-11-20(2)29(19)25-16-23(5)32-28(17-25)31-26(30-21(3)12-8-13-22(30)4)14-9-15-27(31)33-34-24(6)18-35(32)33;1-4(6)3-5(2)7;/h7-14,16-18H,1-6H3;3,6H,1-2H3;/q-1;;/b;4-3-;. The van der Waals surface area contributed by atoms with E-state index >= 15 is 0 Å². The maximum absolute atomic E-state index is 10.0. The molecule has 0 saturated heterocycles. The summed E-state index contributed by atoms with van der Waals surface area (Å²) in [7, 11) is 0. The van der Waals surface area contributed by atoms with Crippen molar-refractivity contribution in [2.45, 2.75) is 55.4 Å². The Morgan fingerprint density at radius 1 is 0.837 bits per heavy atom. The molecule has 1 radical (unpaired) electrons. The fourth-order valence-electron chi connectivity index (χ4n) is 6.24. The Balaban J connectivity index is 0.000000475. The van der Waals surface area contributed by atoms with Crippen LogP contribution in [-0.4, -0.2) is 20.3 Å². The molecule has 6 aromatic rings. The predicted octanol–water partition coefficient (Wildman–Crippen LogP) is 9.66. The number of aryl methyl sites for hydroxylation is 6. The Kier molecular flexibility index (Phi) is 9.39. The second-order valence-electron chi connectivity index (χ2n) is 11.3. The summed E-state index contributed by atoms with van der Waals surface area (Å²) in [5.74, 6) is -0.0625. The number of rotatable bonds is 3. The van der Waals surface area contributed by atoms with Gasteiger partial charge in [0.1, 0.15) is 0 Å². The summed E-state index contributed by atoms with van der Waals surface area (Å²) in [6.07, 6.45) is 3.32. The molecule has 0 atom stereocenters. The van der Waals surface area contributed by atoms with Gasteiger partial charge in [-0.15, -0.1) is 18.2 Å². The smallest absolute Gasteiger partial charge is 0.155 e. The number of aromatic nitrogens is 2. The number of imidazole rings is 1. The molecule has 221 valence electrons. The van der Waals surface area contributed by atoms with E-state index in [9.17, 15) is 4.79 Å². The van der Waals surface area contributed by atoms with Gasteiger partial charge in [0.15, 0.2) is 5.78 Å². The molecule has 0 bridgehead atoms. The van der Waals surface area contributed by atoms with Crippen LogP contribution in [-0.2, 0) is 24.9 Å². The molecule has 0 unspecified atom stereocenters. The number of fused-ring (bicyclic) bond motifs is 6. The Labute approximate surface area is 267 Å². The summed E-state index contributed by atoms with van der Waals surface area (Å²) < 4.78 is 2.27. The molecule has 43 heavy (non-hydrogen) atoms. The third-order valence-corrected chi connectivity index (χ3v) is 7.79. The van der Waals surface area contributed by atoms with Crippen LogP contribution < -0.4 is 0 Å². The molecule has 1 N–H and O–H groups in total. The topological polar surface area (TPSA) is 54.6 Å². The van der Waals surface area contributed by atoms with E-state index in [1.165, 1.54) is 86.3 Å². The van der Waals surface area contributed by atoms with Crippen molar-refractivity contribution in [3.63, 3.8) is 0 Å². The maximum atomic E-state index is 10.0. The summed E-state index contributed by atoms with van der Waals surface area (Å²) in [5, 5.41) is 11.9. The molecule has 0 fully saturated rings. The van der Waals surface area contributed by atoms with Gasteiger partial charge in [0.05, 0.1) is 11.4 Å². The zero-order valence-electron chi connectivity index (χ0n) is 26.0. The molecule has 0 spiro atoms. The third kappa shape index (κ3) is 6.06. The summed E-state index contributed by atoms with van der Waals surface area (Å²) in [5.41, 5.74) is 14.8. The van der Waals surface area contributed by atoms with E-state index in [4.69, 9.17) is 10.1 Å². The number of carbonyl (C=O) groups excluding carboxylic acids is 1. The summed E-state index contributed by atoms with van der Waals surface area (Å²) in [6.45, 7) is 16.0. The van der Waals surface area contributed by atoms with Crippen molar-refractivity contribution in [2.24, 2.45) is 0 Å². The minimum Gasteiger partial charge on any atom is -0.512 e. The number of aliphatic hydroxyl groups excluding tert-OH is 1. The number of hydrogen-bond donors (Lipinski definition) is 1. The normalized spacial score (nSPS) is 11.4. The monoisotopic (exact) mass is 746 g/mol. The summed E-state index contributed by atoms with van der Waals surface area (Å²) in [6, 6.07) is 25.7. The van der Waals surface area contributed by atoms with Crippen LogP contribution >= 0.6 is 0 Å². The fraction of sp³-hybridized carbons (Fsp3) is 0.211. The molecule has 5 heteroatoms. The predicted molar refractivity (Wildman–Crippen MR) is 175 cm³/mol. The molecule has 0 amide bonds. The molecule has 4 nitrogen and oxygen atoms in total. The molecular weight excluding hydrogens is 709 g/mol. The number of ketones is 1. The van der Waals surface area contributed by atoms with E-state index in [1.807, 2.05) is 0 Å². The fourth-order valence-corrected chi connectivity index (χ4v) is 6.24. The maximum Gasteiger partial charge on any atom is 0.155 e. The van der Waals surface area contributed by atoms with Crippen molar-refractivity contribution in [1.82, 2.24) is 9.38 Å². The average molecular weight is 746 g/mol. The van der Waals surface area contributed by atoms with Crippen LogP contribution in [0.4, 0.5) is 0 Å². The molecule has 6 rings (SSSR count). The van der Waals surface area contributed by atoms with Gasteiger partial charge >= 0.3 is 0 Å². The van der Waals surface area contributed by atoms with E-state index in [0.29, 0.717) is 0 Å². The van der Waals surface area contributed by atoms with E-state index in [1.54, 1.807) is 0 Å². The Hall–Kier alpha value is -4.05. The number of nitrogens with zero attached hydrogens (tertiary/aromatic N) is 2. The van der Waals surface area contributed by atoms with Crippen molar-refractivity contribution >= 4 is 33.1 Å². The summed E-state index contributed by atoms with van der Waals surface area (Å²) in [4.78, 5) is 15.0. The minimum atomic E-state index is -0.125. The zero-order valence-corrected chi connectivity index (χ0v) is 28.4. The number of carbonyl (C=O) groups is 1.